The van der Waals surface area contributed by atoms with Crippen molar-refractivity contribution in [2.24, 2.45) is 0 Å². The van der Waals surface area contributed by atoms with Crippen molar-refractivity contribution < 1.29 is 49.6 Å². The smallest absolute Gasteiger partial charge is 0.228 e. The molecule has 0 aliphatic carbocycles. The first-order chi connectivity index (χ1) is 13.7. The number of hydrogen-bond donors (Lipinski definition) is 6. The molecular formula is C19H20O10. The highest BCUT2D eigenvalue weighted by Crippen LogP contribution is 2.37. The molecule has 1 fully saturated rings. The molecule has 1 saturated heterocycles. The van der Waals surface area contributed by atoms with E-state index in [1.54, 1.807) is 0 Å². The molecule has 1 aliphatic heterocycles. The molecule has 3 rings (SSSR count). The molecule has 10 heteroatoms. The third-order valence-electron chi connectivity index (χ3n) is 4.38. The monoisotopic (exact) mass is 408 g/mol. The molecule has 1 heterocycles. The molecule has 6 N–H and O–H groups in total. The summed E-state index contributed by atoms with van der Waals surface area (Å²) in [5.74, 6) is -2.20. The zero-order valence-corrected chi connectivity index (χ0v) is 15.2. The van der Waals surface area contributed by atoms with Crippen LogP contribution >= 0.6 is 0 Å². The minimum absolute atomic E-state index is 0.124. The van der Waals surface area contributed by atoms with E-state index in [1.165, 1.54) is 13.2 Å². The maximum Gasteiger partial charge on any atom is 0.228 e. The van der Waals surface area contributed by atoms with Gasteiger partial charge >= 0.3 is 0 Å². The summed E-state index contributed by atoms with van der Waals surface area (Å²) >= 11 is 0. The van der Waals surface area contributed by atoms with Crippen LogP contribution in [0.4, 0.5) is 0 Å². The van der Waals surface area contributed by atoms with E-state index in [-0.39, 0.29) is 40.7 Å². The lowest BCUT2D eigenvalue weighted by Crippen LogP contribution is -2.54. The van der Waals surface area contributed by atoms with E-state index in [4.69, 9.17) is 14.2 Å². The number of ketones is 1. The van der Waals surface area contributed by atoms with Gasteiger partial charge in [0.15, 0.2) is 0 Å². The number of aromatic hydroxyl groups is 3. The highest BCUT2D eigenvalue weighted by Gasteiger charge is 2.39. The van der Waals surface area contributed by atoms with Crippen molar-refractivity contribution in [1.82, 2.24) is 0 Å². The van der Waals surface area contributed by atoms with Crippen LogP contribution in [0, 0.1) is 0 Å². The fourth-order valence-corrected chi connectivity index (χ4v) is 2.89. The lowest BCUT2D eigenvalue weighted by molar-refractivity contribution is -0.242. The highest BCUT2D eigenvalue weighted by molar-refractivity contribution is 6.13. The summed E-state index contributed by atoms with van der Waals surface area (Å²) in [7, 11) is 1.32. The number of carbonyl (C=O) groups excluding carboxylic acids is 1. The quantitative estimate of drug-likeness (QED) is 0.367. The van der Waals surface area contributed by atoms with E-state index in [0.29, 0.717) is 0 Å². The fraction of sp³-hybridized carbons (Fsp3) is 0.316. The maximum atomic E-state index is 12.9. The van der Waals surface area contributed by atoms with Gasteiger partial charge in [-0.2, -0.15) is 0 Å². The van der Waals surface area contributed by atoms with Crippen molar-refractivity contribution in [3.8, 4) is 28.7 Å². The van der Waals surface area contributed by atoms with Gasteiger partial charge in [-0.25, -0.2) is 0 Å². The predicted octanol–water partition coefficient (Wildman–Crippen LogP) is -0.139. The van der Waals surface area contributed by atoms with Crippen LogP contribution < -0.4 is 9.47 Å². The number of ether oxygens (including phenoxy) is 3. The minimum atomic E-state index is -1.64. The Bertz CT molecular complexity index is 892. The van der Waals surface area contributed by atoms with Gasteiger partial charge in [0.1, 0.15) is 52.6 Å². The van der Waals surface area contributed by atoms with Crippen LogP contribution in [-0.4, -0.2) is 74.7 Å². The van der Waals surface area contributed by atoms with E-state index in [1.807, 2.05) is 0 Å². The number of methoxy groups -OCH3 is 1. The number of benzene rings is 2. The van der Waals surface area contributed by atoms with E-state index in [9.17, 15) is 35.4 Å². The lowest BCUT2D eigenvalue weighted by Gasteiger charge is -2.35. The van der Waals surface area contributed by atoms with Crippen molar-refractivity contribution >= 4 is 5.78 Å². The van der Waals surface area contributed by atoms with Crippen LogP contribution in [0.3, 0.4) is 0 Å². The number of phenolic OH excluding ortho intramolecular Hbond substituents is 3. The van der Waals surface area contributed by atoms with Gasteiger partial charge in [0.25, 0.3) is 0 Å². The summed E-state index contributed by atoms with van der Waals surface area (Å²) in [5, 5.41) is 59.1. The molecule has 156 valence electrons. The van der Waals surface area contributed by atoms with Crippen LogP contribution in [0.25, 0.3) is 0 Å². The Kier molecular flexibility index (Phi) is 5.80. The summed E-state index contributed by atoms with van der Waals surface area (Å²) in [6, 6.07) is 5.60. The van der Waals surface area contributed by atoms with Gasteiger partial charge in [-0.15, -0.1) is 0 Å². The molecule has 0 spiro atoms. The fourth-order valence-electron chi connectivity index (χ4n) is 2.89. The van der Waals surface area contributed by atoms with Gasteiger partial charge in [-0.3, -0.25) is 4.79 Å². The topological polar surface area (TPSA) is 166 Å². The third-order valence-corrected chi connectivity index (χ3v) is 4.38. The normalized spacial score (nSPS) is 24.1. The van der Waals surface area contributed by atoms with Gasteiger partial charge in [0.2, 0.25) is 12.1 Å². The Morgan fingerprint density at radius 3 is 2.28 bits per heavy atom. The minimum Gasteiger partial charge on any atom is -0.508 e. The van der Waals surface area contributed by atoms with E-state index >= 15 is 0 Å². The second-order valence-electron chi connectivity index (χ2n) is 6.45. The summed E-state index contributed by atoms with van der Waals surface area (Å²) in [6.07, 6.45) is -5.96. The van der Waals surface area contributed by atoms with E-state index < -0.39 is 36.1 Å². The molecule has 0 saturated carbocycles. The number of hydrogen-bond acceptors (Lipinski definition) is 10. The summed E-state index contributed by atoms with van der Waals surface area (Å²) < 4.78 is 15.7. The Morgan fingerprint density at radius 1 is 1.00 bits per heavy atom. The number of carbonyl (C=O) groups is 1. The average Bonchev–Trinajstić information content (AvgIpc) is 2.67. The van der Waals surface area contributed by atoms with E-state index in [2.05, 4.69) is 0 Å². The SMILES string of the molecule is COc1cc(O)c(C(=O)c2cc(O)cc(O)c2)c(OC2OCC(O)C(O)C2O)c1. The van der Waals surface area contributed by atoms with Crippen LogP contribution in [0.15, 0.2) is 30.3 Å². The van der Waals surface area contributed by atoms with Crippen molar-refractivity contribution in [2.45, 2.75) is 24.6 Å². The van der Waals surface area contributed by atoms with Crippen molar-refractivity contribution in [1.29, 1.82) is 0 Å². The maximum absolute atomic E-state index is 12.9. The molecule has 10 nitrogen and oxygen atoms in total. The zero-order valence-electron chi connectivity index (χ0n) is 15.2. The number of aliphatic hydroxyl groups excluding tert-OH is 3. The number of phenols is 3. The van der Waals surface area contributed by atoms with Gasteiger partial charge < -0.3 is 44.8 Å². The first-order valence-electron chi connectivity index (χ1n) is 8.52. The summed E-state index contributed by atoms with van der Waals surface area (Å²) in [4.78, 5) is 12.9. The highest BCUT2D eigenvalue weighted by atomic mass is 16.7. The molecule has 0 aromatic heterocycles. The molecule has 1 aliphatic rings. The van der Waals surface area contributed by atoms with Crippen molar-refractivity contribution in [2.75, 3.05) is 13.7 Å². The number of aliphatic hydroxyl groups is 3. The molecule has 4 atom stereocenters. The lowest BCUT2D eigenvalue weighted by atomic mass is 10.00. The first-order valence-corrected chi connectivity index (χ1v) is 8.52. The second-order valence-corrected chi connectivity index (χ2v) is 6.45. The second kappa shape index (κ2) is 8.13. The molecule has 2 aromatic carbocycles. The molecule has 2 aromatic rings. The average molecular weight is 408 g/mol. The standard InChI is InChI=1S/C19H20O10/c1-27-11-5-12(22)15(16(24)8-2-9(20)4-10(21)3-8)14(6-11)29-19-18(26)17(25)13(23)7-28-19/h2-6,13,17-23,25-26H,7H2,1H3. The van der Waals surface area contributed by atoms with Crippen LogP contribution in [0.1, 0.15) is 15.9 Å². The summed E-state index contributed by atoms with van der Waals surface area (Å²) in [5.41, 5.74) is -0.499. The van der Waals surface area contributed by atoms with Gasteiger partial charge in [-0.05, 0) is 12.1 Å². The van der Waals surface area contributed by atoms with Crippen molar-refractivity contribution in [3.63, 3.8) is 0 Å². The van der Waals surface area contributed by atoms with E-state index in [0.717, 1.165) is 24.3 Å². The summed E-state index contributed by atoms with van der Waals surface area (Å²) in [6.45, 7) is -0.331. The predicted molar refractivity (Wildman–Crippen MR) is 96.3 cm³/mol. The first kappa shape index (κ1) is 20.7. The van der Waals surface area contributed by atoms with Crippen molar-refractivity contribution in [3.05, 3.63) is 41.5 Å². The Morgan fingerprint density at radius 2 is 1.66 bits per heavy atom. The number of rotatable bonds is 5. The molecule has 0 amide bonds. The third kappa shape index (κ3) is 4.20. The van der Waals surface area contributed by atoms with Gasteiger partial charge in [0.05, 0.1) is 13.7 Å². The largest absolute Gasteiger partial charge is 0.508 e. The molecule has 29 heavy (non-hydrogen) atoms. The Labute approximate surface area is 164 Å². The van der Waals surface area contributed by atoms with Crippen LogP contribution in [0.5, 0.6) is 28.7 Å². The Balaban J connectivity index is 2.02. The molecular weight excluding hydrogens is 388 g/mol. The van der Waals surface area contributed by atoms with Crippen LogP contribution in [-0.2, 0) is 4.74 Å². The van der Waals surface area contributed by atoms with Crippen LogP contribution in [0.2, 0.25) is 0 Å². The molecule has 0 radical (unpaired) electrons. The zero-order chi connectivity index (χ0) is 21.3. The molecule has 4 unspecified atom stereocenters. The molecule has 0 bridgehead atoms. The van der Waals surface area contributed by atoms with Gasteiger partial charge in [-0.1, -0.05) is 0 Å². The van der Waals surface area contributed by atoms with Gasteiger partial charge in [0, 0.05) is 23.8 Å². The Hall–Kier alpha value is -3.05.